The van der Waals surface area contributed by atoms with E-state index in [0.29, 0.717) is 27.0 Å². The molecule has 2 N–H and O–H groups in total. The number of nitrogens with zero attached hydrogens (tertiary/aromatic N) is 2. The van der Waals surface area contributed by atoms with Crippen molar-refractivity contribution in [2.45, 2.75) is 19.4 Å². The number of benzene rings is 1. The van der Waals surface area contributed by atoms with Crippen molar-refractivity contribution in [3.05, 3.63) is 40.8 Å². The van der Waals surface area contributed by atoms with E-state index in [2.05, 4.69) is 31.3 Å². The van der Waals surface area contributed by atoms with Gasteiger partial charge in [0.1, 0.15) is 39.5 Å². The molecule has 4 rings (SSSR count). The van der Waals surface area contributed by atoms with E-state index in [0.717, 1.165) is 36.7 Å². The van der Waals surface area contributed by atoms with Crippen LogP contribution in [0.15, 0.2) is 24.5 Å². The molecule has 1 aliphatic rings. The van der Waals surface area contributed by atoms with E-state index in [1.807, 2.05) is 6.92 Å². The molecular weight excluding hydrogens is 495 g/mol. The molecule has 0 aliphatic carbocycles. The van der Waals surface area contributed by atoms with Crippen molar-refractivity contribution in [1.82, 2.24) is 15.3 Å². The van der Waals surface area contributed by atoms with Crippen LogP contribution < -0.4 is 15.4 Å². The van der Waals surface area contributed by atoms with Crippen LogP contribution in [0.5, 0.6) is 5.75 Å². The maximum atomic E-state index is 13.8. The Morgan fingerprint density at radius 1 is 1.36 bits per heavy atom. The number of ether oxygens (including phenoxy) is 2. The van der Waals surface area contributed by atoms with Gasteiger partial charge in [-0.25, -0.2) is 27.6 Å². The van der Waals surface area contributed by atoms with E-state index in [1.54, 1.807) is 6.07 Å². The standard InChI is InChI=1S/C19H19FN4O3S.CH3ClO2S/c1-10-15-17(22-9-23-18(15)28-16(10)19(25)26-2)24-13-4-3-11(20)7-14(13)27-12-5-6-21-8-12;1-5(2,3)4/h3-4,7,9,12,21H,5-6,8H2,1-2H3,(H,22,23,24);1H3/t12-;/m1./s1. The number of thiophene rings is 1. The van der Waals surface area contributed by atoms with Gasteiger partial charge in [-0.05, 0) is 37.6 Å². The summed E-state index contributed by atoms with van der Waals surface area (Å²) in [6.45, 7) is 3.42. The Bertz CT molecular complexity index is 1250. The second-order valence-electron chi connectivity index (χ2n) is 7.13. The highest BCUT2D eigenvalue weighted by Gasteiger charge is 2.22. The minimum absolute atomic E-state index is 0.0124. The second-order valence-corrected chi connectivity index (χ2v) is 11.2. The van der Waals surface area contributed by atoms with Crippen molar-refractivity contribution < 1.29 is 27.1 Å². The van der Waals surface area contributed by atoms with E-state index in [1.165, 1.54) is 36.9 Å². The van der Waals surface area contributed by atoms with Crippen LogP contribution in [0.4, 0.5) is 15.9 Å². The maximum Gasteiger partial charge on any atom is 0.348 e. The molecule has 0 bridgehead atoms. The molecule has 0 spiro atoms. The number of anilines is 2. The molecule has 178 valence electrons. The molecule has 0 saturated carbocycles. The van der Waals surface area contributed by atoms with Crippen molar-refractivity contribution in [2.75, 3.05) is 31.8 Å². The SMILES string of the molecule is COC(=O)c1sc2ncnc(Nc3ccc(F)cc3O[C@@H]3CCNC3)c2c1C.CS(=O)(=O)Cl. The highest BCUT2D eigenvalue weighted by atomic mass is 35.7. The molecule has 1 saturated heterocycles. The van der Waals surface area contributed by atoms with E-state index >= 15 is 0 Å². The fraction of sp³-hybridized carbons (Fsp3) is 0.350. The lowest BCUT2D eigenvalue weighted by atomic mass is 10.2. The minimum Gasteiger partial charge on any atom is -0.487 e. The van der Waals surface area contributed by atoms with Gasteiger partial charge in [-0.1, -0.05) is 0 Å². The second kappa shape index (κ2) is 10.6. The predicted molar refractivity (Wildman–Crippen MR) is 126 cm³/mol. The number of carbonyl (C=O) groups is 1. The van der Waals surface area contributed by atoms with Gasteiger partial charge in [-0.2, -0.15) is 0 Å². The first-order valence-corrected chi connectivity index (χ1v) is 13.3. The smallest absolute Gasteiger partial charge is 0.348 e. The molecule has 0 unspecified atom stereocenters. The highest BCUT2D eigenvalue weighted by molar-refractivity contribution is 8.13. The van der Waals surface area contributed by atoms with Crippen LogP contribution >= 0.6 is 22.0 Å². The largest absolute Gasteiger partial charge is 0.487 e. The topological polar surface area (TPSA) is 120 Å². The first-order chi connectivity index (χ1) is 15.6. The van der Waals surface area contributed by atoms with Gasteiger partial charge < -0.3 is 20.1 Å². The fourth-order valence-electron chi connectivity index (χ4n) is 3.19. The maximum absolute atomic E-state index is 13.8. The molecule has 1 atom stereocenters. The van der Waals surface area contributed by atoms with Gasteiger partial charge >= 0.3 is 5.97 Å². The summed E-state index contributed by atoms with van der Waals surface area (Å²) < 4.78 is 43.4. The van der Waals surface area contributed by atoms with Gasteiger partial charge in [0.25, 0.3) is 0 Å². The van der Waals surface area contributed by atoms with E-state index in [-0.39, 0.29) is 11.9 Å². The number of methoxy groups -OCH3 is 1. The Labute approximate surface area is 198 Å². The van der Waals surface area contributed by atoms with Gasteiger partial charge in [0, 0.05) is 23.3 Å². The molecule has 9 nitrogen and oxygen atoms in total. The minimum atomic E-state index is -3.19. The lowest BCUT2D eigenvalue weighted by Gasteiger charge is -2.17. The first-order valence-electron chi connectivity index (χ1n) is 9.72. The Hall–Kier alpha value is -2.54. The van der Waals surface area contributed by atoms with Crippen LogP contribution in [-0.2, 0) is 13.8 Å². The number of carbonyl (C=O) groups excluding carboxylic acids is 1. The third-order valence-corrected chi connectivity index (χ3v) is 5.78. The normalized spacial score (nSPS) is 15.6. The van der Waals surface area contributed by atoms with Crippen LogP contribution in [-0.4, -0.2) is 56.9 Å². The van der Waals surface area contributed by atoms with Crippen LogP contribution in [0.25, 0.3) is 10.2 Å². The summed E-state index contributed by atoms with van der Waals surface area (Å²) in [5, 5.41) is 7.17. The van der Waals surface area contributed by atoms with E-state index in [9.17, 15) is 17.6 Å². The predicted octanol–water partition coefficient (Wildman–Crippen LogP) is 3.59. The Balaban J connectivity index is 0.000000555. The Kier molecular flexibility index (Phi) is 8.05. The highest BCUT2D eigenvalue weighted by Crippen LogP contribution is 2.37. The zero-order chi connectivity index (χ0) is 24.2. The molecule has 1 fully saturated rings. The molecule has 13 heteroatoms. The van der Waals surface area contributed by atoms with Gasteiger partial charge in [0.05, 0.1) is 24.4 Å². The molecule has 0 radical (unpaired) electrons. The number of rotatable bonds is 5. The zero-order valence-corrected chi connectivity index (χ0v) is 20.4. The molecule has 1 aliphatic heterocycles. The fourth-order valence-corrected chi connectivity index (χ4v) is 4.25. The van der Waals surface area contributed by atoms with Crippen LogP contribution in [0, 0.1) is 12.7 Å². The quantitative estimate of drug-likeness (QED) is 0.387. The van der Waals surface area contributed by atoms with Crippen LogP contribution in [0.3, 0.4) is 0 Å². The number of hydrogen-bond donors (Lipinski definition) is 2. The first kappa shape index (κ1) is 25.1. The lowest BCUT2D eigenvalue weighted by molar-refractivity contribution is 0.0605. The van der Waals surface area contributed by atoms with Crippen LogP contribution in [0.1, 0.15) is 21.7 Å². The average molecular weight is 517 g/mol. The van der Waals surface area contributed by atoms with Gasteiger partial charge in [-0.3, -0.25) is 0 Å². The molecular formula is C20H22ClFN4O5S2. The summed E-state index contributed by atoms with van der Waals surface area (Å²) in [7, 11) is 2.65. The average Bonchev–Trinajstić information content (AvgIpc) is 3.36. The zero-order valence-electron chi connectivity index (χ0n) is 18.0. The summed E-state index contributed by atoms with van der Waals surface area (Å²) in [5.74, 6) is 0.154. The van der Waals surface area contributed by atoms with Crippen molar-refractivity contribution in [1.29, 1.82) is 0 Å². The molecule has 0 amide bonds. The number of aryl methyl sites for hydroxylation is 1. The van der Waals surface area contributed by atoms with Gasteiger partial charge in [0.15, 0.2) is 0 Å². The summed E-state index contributed by atoms with van der Waals surface area (Å²) >= 11 is 1.25. The van der Waals surface area contributed by atoms with Crippen molar-refractivity contribution >= 4 is 58.8 Å². The van der Waals surface area contributed by atoms with E-state index < -0.39 is 15.0 Å². The number of halogens is 2. The molecule has 2 aromatic heterocycles. The van der Waals surface area contributed by atoms with Crippen molar-refractivity contribution in [2.24, 2.45) is 0 Å². The summed E-state index contributed by atoms with van der Waals surface area (Å²) in [5.41, 5.74) is 1.33. The number of nitrogens with one attached hydrogen (secondary N) is 2. The molecule has 1 aromatic carbocycles. The Morgan fingerprint density at radius 2 is 2.09 bits per heavy atom. The lowest BCUT2D eigenvalue weighted by Crippen LogP contribution is -2.20. The molecule has 3 heterocycles. The summed E-state index contributed by atoms with van der Waals surface area (Å²) in [6, 6.07) is 4.34. The molecule has 33 heavy (non-hydrogen) atoms. The number of aromatic nitrogens is 2. The number of fused-ring (bicyclic) bond motifs is 1. The number of hydrogen-bond acceptors (Lipinski definition) is 10. The van der Waals surface area contributed by atoms with Crippen molar-refractivity contribution in [3.8, 4) is 5.75 Å². The monoisotopic (exact) mass is 516 g/mol. The van der Waals surface area contributed by atoms with Gasteiger partial charge in [0.2, 0.25) is 9.05 Å². The van der Waals surface area contributed by atoms with Crippen molar-refractivity contribution in [3.63, 3.8) is 0 Å². The summed E-state index contributed by atoms with van der Waals surface area (Å²) in [4.78, 5) is 21.7. The third-order valence-electron chi connectivity index (χ3n) is 4.60. The number of esters is 1. The Morgan fingerprint density at radius 3 is 2.73 bits per heavy atom. The summed E-state index contributed by atoms with van der Waals surface area (Å²) in [6.07, 6.45) is 3.20. The van der Waals surface area contributed by atoms with E-state index in [4.69, 9.17) is 9.47 Å². The third kappa shape index (κ3) is 6.73. The van der Waals surface area contributed by atoms with Crippen LogP contribution in [0.2, 0.25) is 0 Å². The van der Waals surface area contributed by atoms with Gasteiger partial charge in [-0.15, -0.1) is 11.3 Å². The molecule has 3 aromatic rings.